The molecule has 1 aromatic carbocycles. The molecular formula is C19H28ClN3O2S. The first-order chi connectivity index (χ1) is 12.7. The van der Waals surface area contributed by atoms with E-state index in [0.717, 1.165) is 50.1 Å². The fourth-order valence-electron chi connectivity index (χ4n) is 3.55. The largest absolute Gasteiger partial charge is 0.375 e. The van der Waals surface area contributed by atoms with Crippen LogP contribution in [0.15, 0.2) is 29.3 Å². The second-order valence-corrected chi connectivity index (χ2v) is 8.09. The fourth-order valence-corrected chi connectivity index (χ4v) is 4.42. The molecule has 3 rings (SSSR count). The van der Waals surface area contributed by atoms with Crippen molar-refractivity contribution in [2.45, 2.75) is 30.3 Å². The maximum absolute atomic E-state index is 6.15. The average Bonchev–Trinajstić information content (AvgIpc) is 3.20. The average molecular weight is 398 g/mol. The molecular weight excluding hydrogens is 370 g/mol. The zero-order valence-corrected chi connectivity index (χ0v) is 17.1. The molecule has 0 saturated carbocycles. The first-order valence-corrected chi connectivity index (χ1v) is 10.8. The number of rotatable bonds is 5. The molecule has 5 nitrogen and oxygen atoms in total. The Labute approximate surface area is 165 Å². The Morgan fingerprint density at radius 2 is 2.23 bits per heavy atom. The highest BCUT2D eigenvalue weighted by atomic mass is 35.5. The van der Waals surface area contributed by atoms with E-state index in [9.17, 15) is 0 Å². The number of halogens is 1. The van der Waals surface area contributed by atoms with Gasteiger partial charge in [-0.3, -0.25) is 4.99 Å². The molecule has 26 heavy (non-hydrogen) atoms. The summed E-state index contributed by atoms with van der Waals surface area (Å²) in [4.78, 5) is 6.77. The molecule has 3 atom stereocenters. The monoisotopic (exact) mass is 397 g/mol. The van der Waals surface area contributed by atoms with E-state index in [1.165, 1.54) is 5.56 Å². The molecule has 2 heterocycles. The lowest BCUT2D eigenvalue weighted by molar-refractivity contribution is -0.0816. The topological polar surface area (TPSA) is 46.1 Å². The molecule has 7 heteroatoms. The van der Waals surface area contributed by atoms with Crippen LogP contribution >= 0.6 is 23.4 Å². The summed E-state index contributed by atoms with van der Waals surface area (Å²) in [5, 5.41) is 4.63. The lowest BCUT2D eigenvalue weighted by Gasteiger charge is -2.37. The first kappa shape index (κ1) is 19.8. The molecule has 2 aliphatic rings. The minimum atomic E-state index is 0.133. The molecule has 3 unspecified atom stereocenters. The Morgan fingerprint density at radius 1 is 1.38 bits per heavy atom. The van der Waals surface area contributed by atoms with Gasteiger partial charge in [-0.1, -0.05) is 23.7 Å². The summed E-state index contributed by atoms with van der Waals surface area (Å²) in [5.74, 6) is 0.928. The Hall–Kier alpha value is -0.950. The number of hydrogen-bond acceptors (Lipinski definition) is 4. The van der Waals surface area contributed by atoms with E-state index in [2.05, 4.69) is 27.5 Å². The number of ether oxygens (including phenoxy) is 2. The predicted octanol–water partition coefficient (Wildman–Crippen LogP) is 3.20. The van der Waals surface area contributed by atoms with E-state index >= 15 is 0 Å². The van der Waals surface area contributed by atoms with E-state index in [4.69, 9.17) is 21.1 Å². The molecule has 1 N–H and O–H groups in total. The molecule has 1 aromatic rings. The summed E-state index contributed by atoms with van der Waals surface area (Å²) in [6.45, 7) is 4.05. The zero-order valence-electron chi connectivity index (χ0n) is 15.5. The van der Waals surface area contributed by atoms with E-state index in [1.807, 2.05) is 37.0 Å². The van der Waals surface area contributed by atoms with Crippen LogP contribution in [0.25, 0.3) is 0 Å². The smallest absolute Gasteiger partial charge is 0.193 e. The summed E-state index contributed by atoms with van der Waals surface area (Å²) < 4.78 is 11.8. The van der Waals surface area contributed by atoms with Gasteiger partial charge in [0.05, 0.1) is 12.7 Å². The predicted molar refractivity (Wildman–Crippen MR) is 109 cm³/mol. The van der Waals surface area contributed by atoms with Crippen LogP contribution in [0.4, 0.5) is 0 Å². The van der Waals surface area contributed by atoms with Crippen molar-refractivity contribution >= 4 is 29.3 Å². The molecule has 0 radical (unpaired) electrons. The van der Waals surface area contributed by atoms with Crippen LogP contribution in [-0.4, -0.2) is 69.2 Å². The second-order valence-electron chi connectivity index (χ2n) is 6.61. The third-order valence-electron chi connectivity index (χ3n) is 4.93. The van der Waals surface area contributed by atoms with Gasteiger partial charge in [0.1, 0.15) is 6.10 Å². The summed E-state index contributed by atoms with van der Waals surface area (Å²) in [7, 11) is 1.84. The highest BCUT2D eigenvalue weighted by molar-refractivity contribution is 7.98. The number of guanidine groups is 1. The minimum Gasteiger partial charge on any atom is -0.375 e. The fraction of sp³-hybridized carbons (Fsp3) is 0.632. The zero-order chi connectivity index (χ0) is 18.4. The SMILES string of the molecule is CN=C(NCC(SC)c1cccc(Cl)c1)N1CCOC(C2CCCO2)C1. The van der Waals surface area contributed by atoms with Crippen molar-refractivity contribution in [2.75, 3.05) is 46.2 Å². The van der Waals surface area contributed by atoms with Crippen LogP contribution in [0.3, 0.4) is 0 Å². The van der Waals surface area contributed by atoms with Crippen molar-refractivity contribution in [3.05, 3.63) is 34.9 Å². The van der Waals surface area contributed by atoms with Gasteiger partial charge in [-0.2, -0.15) is 11.8 Å². The molecule has 0 aromatic heterocycles. The molecule has 2 saturated heterocycles. The second kappa shape index (κ2) is 9.83. The lowest BCUT2D eigenvalue weighted by atomic mass is 10.1. The molecule has 0 amide bonds. The van der Waals surface area contributed by atoms with Crippen molar-refractivity contribution in [1.82, 2.24) is 10.2 Å². The third kappa shape index (κ3) is 5.06. The van der Waals surface area contributed by atoms with Crippen LogP contribution in [0.1, 0.15) is 23.7 Å². The maximum Gasteiger partial charge on any atom is 0.193 e. The summed E-state index contributed by atoms with van der Waals surface area (Å²) in [5.41, 5.74) is 1.23. The minimum absolute atomic E-state index is 0.133. The van der Waals surface area contributed by atoms with Gasteiger partial charge in [0.25, 0.3) is 0 Å². The Balaban J connectivity index is 1.58. The molecule has 2 aliphatic heterocycles. The van der Waals surface area contributed by atoms with Gasteiger partial charge in [-0.15, -0.1) is 0 Å². The highest BCUT2D eigenvalue weighted by Crippen LogP contribution is 2.28. The van der Waals surface area contributed by atoms with Gasteiger partial charge in [0, 0.05) is 43.6 Å². The Bertz CT molecular complexity index is 610. The molecule has 144 valence electrons. The van der Waals surface area contributed by atoms with E-state index < -0.39 is 0 Å². The van der Waals surface area contributed by atoms with Crippen LogP contribution in [0, 0.1) is 0 Å². The molecule has 0 bridgehead atoms. The quantitative estimate of drug-likeness (QED) is 0.610. The van der Waals surface area contributed by atoms with Gasteiger partial charge in [-0.05, 0) is 36.8 Å². The van der Waals surface area contributed by atoms with Crippen molar-refractivity contribution < 1.29 is 9.47 Å². The van der Waals surface area contributed by atoms with Crippen molar-refractivity contribution in [3.8, 4) is 0 Å². The van der Waals surface area contributed by atoms with E-state index in [1.54, 1.807) is 0 Å². The summed E-state index contributed by atoms with van der Waals surface area (Å²) >= 11 is 7.96. The van der Waals surface area contributed by atoms with Crippen LogP contribution in [-0.2, 0) is 9.47 Å². The van der Waals surface area contributed by atoms with E-state index in [-0.39, 0.29) is 12.2 Å². The number of benzene rings is 1. The molecule has 0 aliphatic carbocycles. The standard InChI is InChI=1S/C19H28ClN3O2S/c1-21-19(22-12-18(26-2)14-5-3-6-15(20)11-14)23-8-10-25-17(13-23)16-7-4-9-24-16/h3,5-6,11,16-18H,4,7-10,12-13H2,1-2H3,(H,21,22). The van der Waals surface area contributed by atoms with Gasteiger partial charge < -0.3 is 19.7 Å². The van der Waals surface area contributed by atoms with Crippen LogP contribution < -0.4 is 5.32 Å². The third-order valence-corrected chi connectivity index (χ3v) is 6.18. The lowest BCUT2D eigenvalue weighted by Crippen LogP contribution is -2.53. The number of nitrogens with zero attached hydrogens (tertiary/aromatic N) is 2. The van der Waals surface area contributed by atoms with Crippen LogP contribution in [0.2, 0.25) is 5.02 Å². The van der Waals surface area contributed by atoms with Gasteiger partial charge in [0.15, 0.2) is 5.96 Å². The number of hydrogen-bond donors (Lipinski definition) is 1. The van der Waals surface area contributed by atoms with Crippen molar-refractivity contribution in [2.24, 2.45) is 4.99 Å². The number of thioether (sulfide) groups is 1. The number of morpholine rings is 1. The Morgan fingerprint density at radius 3 is 2.92 bits per heavy atom. The highest BCUT2D eigenvalue weighted by Gasteiger charge is 2.32. The number of aliphatic imine (C=N–C) groups is 1. The van der Waals surface area contributed by atoms with Gasteiger partial charge >= 0.3 is 0 Å². The van der Waals surface area contributed by atoms with Crippen molar-refractivity contribution in [3.63, 3.8) is 0 Å². The first-order valence-electron chi connectivity index (χ1n) is 9.18. The molecule has 0 spiro atoms. The van der Waals surface area contributed by atoms with Crippen molar-refractivity contribution in [1.29, 1.82) is 0 Å². The van der Waals surface area contributed by atoms with E-state index in [0.29, 0.717) is 11.9 Å². The summed E-state index contributed by atoms with van der Waals surface area (Å²) in [6, 6.07) is 8.08. The van der Waals surface area contributed by atoms with Gasteiger partial charge in [0.2, 0.25) is 0 Å². The normalized spacial score (nSPS) is 25.3. The Kier molecular flexibility index (Phi) is 7.49. The molecule has 2 fully saturated rings. The summed E-state index contributed by atoms with van der Waals surface area (Å²) in [6.07, 6.45) is 4.70. The number of nitrogens with one attached hydrogen (secondary N) is 1. The maximum atomic E-state index is 6.15. The van der Waals surface area contributed by atoms with Gasteiger partial charge in [-0.25, -0.2) is 0 Å². The van der Waals surface area contributed by atoms with Crippen LogP contribution in [0.5, 0.6) is 0 Å².